The first-order valence-corrected chi connectivity index (χ1v) is 6.74. The van der Waals surface area contributed by atoms with E-state index in [1.54, 1.807) is 0 Å². The molecule has 1 rings (SSSR count). The number of hydrogen-bond acceptors (Lipinski definition) is 6. The summed E-state index contributed by atoms with van der Waals surface area (Å²) in [5, 5.41) is 8.63. The molecule has 1 aromatic rings. The Hall–Kier alpha value is -1.83. The standard InChI is InChI=1S/C10H12O7S/c1-16-9(11)2-3-18(14,15)6-8-4-7(5-17-8)10(12)13/h4-5H,2-3,6H2,1H3,(H,12,13). The lowest BCUT2D eigenvalue weighted by molar-refractivity contribution is -0.140. The highest BCUT2D eigenvalue weighted by molar-refractivity contribution is 7.90. The van der Waals surface area contributed by atoms with Crippen molar-refractivity contribution in [1.29, 1.82) is 0 Å². The molecule has 0 spiro atoms. The van der Waals surface area contributed by atoms with Crippen molar-refractivity contribution in [2.24, 2.45) is 0 Å². The number of ether oxygens (including phenoxy) is 1. The van der Waals surface area contributed by atoms with Crippen molar-refractivity contribution in [2.75, 3.05) is 12.9 Å². The first-order valence-electron chi connectivity index (χ1n) is 4.92. The van der Waals surface area contributed by atoms with Crippen LogP contribution in [0.5, 0.6) is 0 Å². The summed E-state index contributed by atoms with van der Waals surface area (Å²) in [7, 11) is -2.37. The van der Waals surface area contributed by atoms with Crippen LogP contribution in [-0.4, -0.2) is 38.3 Å². The molecule has 18 heavy (non-hydrogen) atoms. The number of sulfone groups is 1. The molecule has 1 aromatic heterocycles. The molecule has 0 radical (unpaired) electrons. The van der Waals surface area contributed by atoms with Crippen LogP contribution in [0.2, 0.25) is 0 Å². The zero-order valence-electron chi connectivity index (χ0n) is 9.58. The van der Waals surface area contributed by atoms with Crippen molar-refractivity contribution in [3.05, 3.63) is 23.7 Å². The quantitative estimate of drug-likeness (QED) is 0.751. The van der Waals surface area contributed by atoms with E-state index in [2.05, 4.69) is 4.74 Å². The third-order valence-electron chi connectivity index (χ3n) is 2.11. The zero-order chi connectivity index (χ0) is 13.8. The summed E-state index contributed by atoms with van der Waals surface area (Å²) in [5.41, 5.74) is -0.117. The maximum Gasteiger partial charge on any atom is 0.338 e. The van der Waals surface area contributed by atoms with Crippen LogP contribution in [0, 0.1) is 0 Å². The molecular weight excluding hydrogens is 264 g/mol. The highest BCUT2D eigenvalue weighted by Crippen LogP contribution is 2.12. The summed E-state index contributed by atoms with van der Waals surface area (Å²) in [5.74, 6) is -2.61. The summed E-state index contributed by atoms with van der Waals surface area (Å²) < 4.78 is 32.3. The average molecular weight is 276 g/mol. The Balaban J connectivity index is 2.64. The molecule has 1 heterocycles. The van der Waals surface area contributed by atoms with Crippen molar-refractivity contribution in [2.45, 2.75) is 12.2 Å². The highest BCUT2D eigenvalue weighted by atomic mass is 32.2. The number of carbonyl (C=O) groups is 2. The average Bonchev–Trinajstić information content (AvgIpc) is 2.73. The molecule has 0 atom stereocenters. The van der Waals surface area contributed by atoms with E-state index in [-0.39, 0.29) is 23.5 Å². The van der Waals surface area contributed by atoms with Gasteiger partial charge >= 0.3 is 11.9 Å². The van der Waals surface area contributed by atoms with Crippen LogP contribution in [0.1, 0.15) is 22.5 Å². The summed E-state index contributed by atoms with van der Waals surface area (Å²) in [4.78, 5) is 21.4. The van der Waals surface area contributed by atoms with Crippen molar-refractivity contribution >= 4 is 21.8 Å². The summed E-state index contributed by atoms with van der Waals surface area (Å²) >= 11 is 0. The second-order valence-corrected chi connectivity index (χ2v) is 5.71. The molecule has 1 N–H and O–H groups in total. The number of esters is 1. The maximum absolute atomic E-state index is 11.6. The number of carboxylic acids is 1. The van der Waals surface area contributed by atoms with Crippen LogP contribution in [0.15, 0.2) is 16.7 Å². The Labute approximate surface area is 103 Å². The van der Waals surface area contributed by atoms with Crippen molar-refractivity contribution in [3.8, 4) is 0 Å². The van der Waals surface area contributed by atoms with Crippen LogP contribution < -0.4 is 0 Å². The number of furan rings is 1. The van der Waals surface area contributed by atoms with Gasteiger partial charge in [0.25, 0.3) is 0 Å². The van der Waals surface area contributed by atoms with E-state index < -0.39 is 27.5 Å². The van der Waals surface area contributed by atoms with Crippen LogP contribution in [-0.2, 0) is 25.1 Å². The van der Waals surface area contributed by atoms with Crippen molar-refractivity contribution in [1.82, 2.24) is 0 Å². The molecule has 0 aliphatic rings. The predicted molar refractivity (Wildman–Crippen MR) is 59.8 cm³/mol. The Morgan fingerprint density at radius 3 is 2.61 bits per heavy atom. The first-order chi connectivity index (χ1) is 8.34. The second kappa shape index (κ2) is 5.67. The normalized spacial score (nSPS) is 11.2. The summed E-state index contributed by atoms with van der Waals surface area (Å²) in [6, 6.07) is 1.14. The van der Waals surface area contributed by atoms with Gasteiger partial charge in [0, 0.05) is 0 Å². The van der Waals surface area contributed by atoms with Gasteiger partial charge in [-0.05, 0) is 6.07 Å². The Kier molecular flexibility index (Phi) is 4.49. The summed E-state index contributed by atoms with van der Waals surface area (Å²) in [6.45, 7) is 0. The molecule has 8 heteroatoms. The minimum absolute atomic E-state index is 0.0252. The number of carboxylic acid groups (broad SMARTS) is 1. The van der Waals surface area contributed by atoms with Gasteiger partial charge in [-0.25, -0.2) is 13.2 Å². The van der Waals surface area contributed by atoms with Crippen LogP contribution in [0.25, 0.3) is 0 Å². The molecule has 0 amide bonds. The van der Waals surface area contributed by atoms with Gasteiger partial charge in [-0.1, -0.05) is 0 Å². The lowest BCUT2D eigenvalue weighted by Gasteiger charge is -2.01. The van der Waals surface area contributed by atoms with Gasteiger partial charge in [-0.15, -0.1) is 0 Å². The molecule has 0 saturated heterocycles. The topological polar surface area (TPSA) is 111 Å². The molecule has 0 unspecified atom stereocenters. The molecule has 7 nitrogen and oxygen atoms in total. The second-order valence-electron chi connectivity index (χ2n) is 3.53. The van der Waals surface area contributed by atoms with Gasteiger partial charge in [0.05, 0.1) is 24.8 Å². The lowest BCUT2D eigenvalue weighted by Crippen LogP contribution is -2.13. The molecule has 0 bridgehead atoms. The molecule has 0 fully saturated rings. The minimum atomic E-state index is -3.54. The largest absolute Gasteiger partial charge is 0.478 e. The Morgan fingerprint density at radius 2 is 2.11 bits per heavy atom. The maximum atomic E-state index is 11.6. The fourth-order valence-electron chi connectivity index (χ4n) is 1.20. The van der Waals surface area contributed by atoms with Crippen LogP contribution >= 0.6 is 0 Å². The van der Waals surface area contributed by atoms with E-state index in [1.807, 2.05) is 0 Å². The fourth-order valence-corrected chi connectivity index (χ4v) is 2.41. The van der Waals surface area contributed by atoms with Crippen LogP contribution in [0.3, 0.4) is 0 Å². The van der Waals surface area contributed by atoms with Gasteiger partial charge in [0.1, 0.15) is 17.8 Å². The number of aromatic carboxylic acids is 1. The number of carbonyl (C=O) groups excluding carboxylic acids is 1. The van der Waals surface area contributed by atoms with E-state index in [1.165, 1.54) is 7.11 Å². The van der Waals surface area contributed by atoms with Crippen molar-refractivity contribution in [3.63, 3.8) is 0 Å². The fraction of sp³-hybridized carbons (Fsp3) is 0.400. The monoisotopic (exact) mass is 276 g/mol. The molecular formula is C10H12O7S. The highest BCUT2D eigenvalue weighted by Gasteiger charge is 2.18. The van der Waals surface area contributed by atoms with Crippen molar-refractivity contribution < 1.29 is 32.3 Å². The third-order valence-corrected chi connectivity index (χ3v) is 3.66. The first kappa shape index (κ1) is 14.2. The smallest absolute Gasteiger partial charge is 0.338 e. The van der Waals surface area contributed by atoms with Gasteiger partial charge < -0.3 is 14.3 Å². The van der Waals surface area contributed by atoms with Gasteiger partial charge in [-0.3, -0.25) is 4.79 Å². The molecule has 0 aromatic carbocycles. The Bertz CT molecular complexity index is 540. The Morgan fingerprint density at radius 1 is 1.44 bits per heavy atom. The van der Waals surface area contributed by atoms with E-state index >= 15 is 0 Å². The minimum Gasteiger partial charge on any atom is -0.478 e. The molecule has 0 aliphatic heterocycles. The third kappa shape index (κ3) is 4.21. The predicted octanol–water partition coefficient (Wildman–Crippen LogP) is 0.456. The number of rotatable bonds is 6. The SMILES string of the molecule is COC(=O)CCS(=O)(=O)Cc1cc(C(=O)O)co1. The van der Waals surface area contributed by atoms with Crippen LogP contribution in [0.4, 0.5) is 0 Å². The van der Waals surface area contributed by atoms with E-state index in [4.69, 9.17) is 9.52 Å². The van der Waals surface area contributed by atoms with E-state index in [9.17, 15) is 18.0 Å². The number of methoxy groups -OCH3 is 1. The zero-order valence-corrected chi connectivity index (χ0v) is 10.4. The summed E-state index contributed by atoms with van der Waals surface area (Å²) in [6.07, 6.45) is 0.721. The molecule has 0 saturated carbocycles. The van der Waals surface area contributed by atoms with E-state index in [0.29, 0.717) is 0 Å². The molecule has 0 aliphatic carbocycles. The molecule has 100 valence electrons. The van der Waals surface area contributed by atoms with Gasteiger partial charge in [-0.2, -0.15) is 0 Å². The van der Waals surface area contributed by atoms with E-state index in [0.717, 1.165) is 12.3 Å². The van der Waals surface area contributed by atoms with Gasteiger partial charge in [0.15, 0.2) is 9.84 Å². The lowest BCUT2D eigenvalue weighted by atomic mass is 10.3. The van der Waals surface area contributed by atoms with Gasteiger partial charge in [0.2, 0.25) is 0 Å². The number of hydrogen-bond donors (Lipinski definition) is 1.